The molecule has 1 aliphatic rings. The van der Waals surface area contributed by atoms with Crippen LogP contribution in [0.5, 0.6) is 0 Å². The maximum Gasteiger partial charge on any atom is 0.264 e. The number of rotatable bonds is 7. The Balaban J connectivity index is 1.84. The van der Waals surface area contributed by atoms with E-state index in [-0.39, 0.29) is 32.4 Å². The van der Waals surface area contributed by atoms with E-state index in [9.17, 15) is 23.3 Å². The lowest BCUT2D eigenvalue weighted by Gasteiger charge is -2.37. The number of amides is 2. The number of nitrogens with one attached hydrogen (secondary N) is 3. The average molecular weight is 664 g/mol. The number of hydrogen-bond donors (Lipinski definition) is 3. The minimum Gasteiger partial charge on any atom is -0.325 e. The van der Waals surface area contributed by atoms with Gasteiger partial charge in [0.1, 0.15) is 17.0 Å². The quantitative estimate of drug-likeness (QED) is 0.288. The van der Waals surface area contributed by atoms with Crippen molar-refractivity contribution in [2.75, 3.05) is 11.6 Å². The Hall–Kier alpha value is -3.56. The molecule has 0 unspecified atom stereocenters. The molecule has 13 heteroatoms. The smallest absolute Gasteiger partial charge is 0.264 e. The third-order valence-corrected chi connectivity index (χ3v) is 8.51. The van der Waals surface area contributed by atoms with Crippen LogP contribution in [0.15, 0.2) is 60.7 Å². The second-order valence-electron chi connectivity index (χ2n) is 12.0. The number of halogens is 4. The first-order chi connectivity index (χ1) is 20.5. The molecule has 232 valence electrons. The van der Waals surface area contributed by atoms with Crippen molar-refractivity contribution in [1.29, 1.82) is 5.26 Å². The van der Waals surface area contributed by atoms with Crippen LogP contribution in [-0.4, -0.2) is 38.6 Å². The van der Waals surface area contributed by atoms with Crippen LogP contribution in [0.2, 0.25) is 10.0 Å². The van der Waals surface area contributed by atoms with Crippen molar-refractivity contribution in [3.8, 4) is 6.07 Å². The van der Waals surface area contributed by atoms with Gasteiger partial charge >= 0.3 is 0 Å². The predicted octanol–water partition coefficient (Wildman–Crippen LogP) is 5.92. The van der Waals surface area contributed by atoms with Crippen LogP contribution in [0, 0.1) is 28.4 Å². The number of carbonyl (C=O) groups is 2. The van der Waals surface area contributed by atoms with E-state index in [2.05, 4.69) is 16.7 Å². The third-order valence-electron chi connectivity index (χ3n) is 7.42. The summed E-state index contributed by atoms with van der Waals surface area (Å²) in [6.07, 6.45) is 1.15. The van der Waals surface area contributed by atoms with Crippen molar-refractivity contribution in [1.82, 2.24) is 10.0 Å². The van der Waals surface area contributed by atoms with Gasteiger partial charge in [0.05, 0.1) is 23.4 Å². The molecule has 0 spiro atoms. The van der Waals surface area contributed by atoms with Crippen LogP contribution in [-0.2, 0) is 20.2 Å². The molecule has 4 atom stereocenters. The van der Waals surface area contributed by atoms with Crippen molar-refractivity contribution >= 4 is 50.7 Å². The molecule has 0 bridgehead atoms. The monoisotopic (exact) mass is 662 g/mol. The van der Waals surface area contributed by atoms with Gasteiger partial charge in [0.25, 0.3) is 5.91 Å². The van der Waals surface area contributed by atoms with Crippen LogP contribution >= 0.6 is 23.2 Å². The first kappa shape index (κ1) is 33.3. The fourth-order valence-corrected chi connectivity index (χ4v) is 6.50. The van der Waals surface area contributed by atoms with E-state index in [4.69, 9.17) is 23.2 Å². The second-order valence-corrected chi connectivity index (χ2v) is 14.5. The summed E-state index contributed by atoms with van der Waals surface area (Å²) in [5, 5.41) is 16.7. The Morgan fingerprint density at radius 1 is 1.07 bits per heavy atom. The molecule has 3 aromatic carbocycles. The molecule has 0 radical (unpaired) electrons. The third kappa shape index (κ3) is 6.89. The summed E-state index contributed by atoms with van der Waals surface area (Å²) in [5.74, 6) is -4.39. The van der Waals surface area contributed by atoms with Crippen LogP contribution < -0.4 is 15.4 Å². The lowest BCUT2D eigenvalue weighted by molar-refractivity contribution is -0.118. The molecule has 1 aliphatic heterocycles. The molecule has 2 amide bonds. The number of carbonyl (C=O) groups excluding carboxylic acids is 2. The Morgan fingerprint density at radius 3 is 2.30 bits per heavy atom. The Labute approximate surface area is 264 Å². The Morgan fingerprint density at radius 2 is 1.73 bits per heavy atom. The SMILES string of the molecule is CC(C)(C)C[C@@H]1N[C@@H](C(=O)Nc2ccc(C(=O)NS(C)(=O)=O)cc2)[C@H](c2cccc(Cl)c2F)[C@@]1(C#N)c1ccc(Cl)cc1F. The highest BCUT2D eigenvalue weighted by atomic mass is 35.5. The standard InChI is InChI=1S/C31H30Cl2F2N4O4S/c1-30(2,3)15-24-31(16-36,21-13-10-18(32)14-23(21)34)25(20-6-5-7-22(33)26(20)35)27(38-24)29(41)37-19-11-8-17(9-12-19)28(40)39-44(4,42)43/h5-14,24-25,27,38H,15H2,1-4H3,(H,37,41)(H,39,40)/t24-,25-,27+,31-/m0/s1. The molecule has 4 rings (SSSR count). The van der Waals surface area contributed by atoms with Gasteiger partial charge in [0.2, 0.25) is 15.9 Å². The molecule has 3 N–H and O–H groups in total. The molecule has 8 nitrogen and oxygen atoms in total. The summed E-state index contributed by atoms with van der Waals surface area (Å²) in [4.78, 5) is 26.2. The first-order valence-electron chi connectivity index (χ1n) is 13.5. The number of nitrogens with zero attached hydrogens (tertiary/aromatic N) is 1. The fraction of sp³-hybridized carbons (Fsp3) is 0.323. The van der Waals surface area contributed by atoms with E-state index >= 15 is 8.78 Å². The van der Waals surface area contributed by atoms with Gasteiger partial charge in [-0.2, -0.15) is 5.26 Å². The van der Waals surface area contributed by atoms with Gasteiger partial charge in [0.15, 0.2) is 0 Å². The zero-order valence-electron chi connectivity index (χ0n) is 24.2. The highest BCUT2D eigenvalue weighted by Crippen LogP contribution is 2.52. The molecule has 0 saturated carbocycles. The minimum atomic E-state index is -3.79. The Kier molecular flexibility index (Phi) is 9.43. The highest BCUT2D eigenvalue weighted by Gasteiger charge is 2.61. The van der Waals surface area contributed by atoms with Crippen molar-refractivity contribution in [2.45, 2.75) is 50.6 Å². The predicted molar refractivity (Wildman–Crippen MR) is 165 cm³/mol. The maximum absolute atomic E-state index is 15.8. The van der Waals surface area contributed by atoms with E-state index in [0.29, 0.717) is 6.42 Å². The number of sulfonamides is 1. The number of benzene rings is 3. The molecule has 0 aliphatic carbocycles. The summed E-state index contributed by atoms with van der Waals surface area (Å²) in [6.45, 7) is 5.79. The van der Waals surface area contributed by atoms with E-state index < -0.39 is 62.3 Å². The van der Waals surface area contributed by atoms with Crippen LogP contribution in [0.1, 0.15) is 54.6 Å². The van der Waals surface area contributed by atoms with Crippen molar-refractivity contribution < 1.29 is 26.8 Å². The molecule has 3 aromatic rings. The topological polar surface area (TPSA) is 128 Å². The zero-order chi connectivity index (χ0) is 32.6. The summed E-state index contributed by atoms with van der Waals surface area (Å²) >= 11 is 12.2. The largest absolute Gasteiger partial charge is 0.325 e. The van der Waals surface area contributed by atoms with Gasteiger partial charge in [-0.25, -0.2) is 21.9 Å². The lowest BCUT2D eigenvalue weighted by atomic mass is 9.62. The lowest BCUT2D eigenvalue weighted by Crippen LogP contribution is -2.45. The van der Waals surface area contributed by atoms with Gasteiger partial charge in [-0.15, -0.1) is 0 Å². The van der Waals surface area contributed by atoms with Gasteiger partial charge in [-0.05, 0) is 59.9 Å². The summed E-state index contributed by atoms with van der Waals surface area (Å²) in [6, 6.07) is 13.8. The molecular formula is C31H30Cl2F2N4O4S. The van der Waals surface area contributed by atoms with Crippen LogP contribution in [0.25, 0.3) is 0 Å². The van der Waals surface area contributed by atoms with Gasteiger partial charge in [0, 0.05) is 33.8 Å². The first-order valence-corrected chi connectivity index (χ1v) is 16.1. The average Bonchev–Trinajstić information content (AvgIpc) is 3.22. The van der Waals surface area contributed by atoms with Gasteiger partial charge in [-0.1, -0.05) is 62.2 Å². The van der Waals surface area contributed by atoms with E-state index in [1.165, 1.54) is 54.6 Å². The zero-order valence-corrected chi connectivity index (χ0v) is 26.5. The molecule has 44 heavy (non-hydrogen) atoms. The number of hydrogen-bond acceptors (Lipinski definition) is 6. The van der Waals surface area contributed by atoms with Crippen LogP contribution in [0.4, 0.5) is 14.5 Å². The molecule has 0 aromatic heterocycles. The summed E-state index contributed by atoms with van der Waals surface area (Å²) < 4.78 is 56.2. The molecule has 1 saturated heterocycles. The normalized spacial score (nSPS) is 21.8. The molecule has 1 heterocycles. The highest BCUT2D eigenvalue weighted by molar-refractivity contribution is 7.89. The second kappa shape index (κ2) is 12.4. The number of nitriles is 1. The number of anilines is 1. The summed E-state index contributed by atoms with van der Waals surface area (Å²) in [7, 11) is -3.79. The molecule has 1 fully saturated rings. The fourth-order valence-electron chi connectivity index (χ4n) is 5.71. The summed E-state index contributed by atoms with van der Waals surface area (Å²) in [5.41, 5.74) is -2.04. The van der Waals surface area contributed by atoms with Gasteiger partial charge < -0.3 is 10.6 Å². The minimum absolute atomic E-state index is 0.0262. The van der Waals surface area contributed by atoms with E-state index in [1.54, 1.807) is 0 Å². The van der Waals surface area contributed by atoms with Crippen molar-refractivity contribution in [2.24, 2.45) is 5.41 Å². The van der Waals surface area contributed by atoms with E-state index in [1.807, 2.05) is 25.5 Å². The Bertz CT molecular complexity index is 1760. The molecular weight excluding hydrogens is 633 g/mol. The maximum atomic E-state index is 15.8. The van der Waals surface area contributed by atoms with E-state index in [0.717, 1.165) is 12.3 Å². The van der Waals surface area contributed by atoms with Crippen LogP contribution in [0.3, 0.4) is 0 Å². The van der Waals surface area contributed by atoms with Gasteiger partial charge in [-0.3, -0.25) is 9.59 Å². The van der Waals surface area contributed by atoms with Crippen molar-refractivity contribution in [3.63, 3.8) is 0 Å². The van der Waals surface area contributed by atoms with Crippen molar-refractivity contribution in [3.05, 3.63) is 99.0 Å².